The molecule has 0 saturated carbocycles. The zero-order valence-electron chi connectivity index (χ0n) is 32.3. The smallest absolute Gasteiger partial charge is 0.294 e. The fourth-order valence-electron chi connectivity index (χ4n) is 7.76. The average molecular weight is 847 g/mol. The molecule has 0 radical (unpaired) electrons. The first-order chi connectivity index (χ1) is 27.3. The molecule has 1 unspecified atom stereocenters. The first-order valence-corrected chi connectivity index (χ1v) is 23.0. The van der Waals surface area contributed by atoms with Gasteiger partial charge < -0.3 is 9.32 Å². The molecule has 304 valence electrons. The molecular formula is C42H44N3O10S3+. The van der Waals surface area contributed by atoms with Crippen LogP contribution in [0, 0.1) is 11.8 Å². The molecule has 4 aliphatic rings. The fourth-order valence-corrected chi connectivity index (χ4v) is 10.4. The van der Waals surface area contributed by atoms with E-state index in [1.54, 1.807) is 55.6 Å². The van der Waals surface area contributed by atoms with Crippen molar-refractivity contribution in [3.63, 3.8) is 0 Å². The number of ketones is 1. The third-order valence-corrected chi connectivity index (χ3v) is 14.8. The van der Waals surface area contributed by atoms with E-state index in [0.717, 1.165) is 0 Å². The van der Waals surface area contributed by atoms with Crippen LogP contribution < -0.4 is 14.8 Å². The Hall–Kier alpha value is -4.97. The molecule has 1 fully saturated rings. The van der Waals surface area contributed by atoms with E-state index in [9.17, 15) is 39.2 Å². The number of rotatable bonds is 10. The largest absolute Gasteiger partial charge is 0.460 e. The van der Waals surface area contributed by atoms with Crippen molar-refractivity contribution in [1.82, 2.24) is 8.88 Å². The highest BCUT2D eigenvalue weighted by Crippen LogP contribution is 2.44. The van der Waals surface area contributed by atoms with E-state index in [4.69, 9.17) is 4.42 Å². The monoisotopic (exact) mass is 846 g/mol. The summed E-state index contributed by atoms with van der Waals surface area (Å²) in [4.78, 5) is 14.4. The average Bonchev–Trinajstić information content (AvgIpc) is 3.21. The lowest BCUT2D eigenvalue weighted by Crippen LogP contribution is -2.41. The lowest BCUT2D eigenvalue weighted by Gasteiger charge is -2.33. The van der Waals surface area contributed by atoms with E-state index in [1.807, 2.05) is 60.7 Å². The van der Waals surface area contributed by atoms with E-state index < -0.39 is 30.3 Å². The standard InChI is InChI=1S/C42H43N3O10S3/c1-27(2)42(46)28-21-23-45(24-22-28)56(47,48)40-8-6-5-7-37(40)41-35-19-13-31(43(3)29-9-15-33(16-10-29)57(49,50)51)25-38(35)55-39-26-32(14-20-36(39)41)44(4)30-11-17-34(18-12-30)58(52,53)54/h5-20,25,27-28,32H,21-24,26H2,1-4H3,(H-,49,50,51,52,53,54)/p+1. The van der Waals surface area contributed by atoms with Crippen LogP contribution in [0.5, 0.6) is 0 Å². The summed E-state index contributed by atoms with van der Waals surface area (Å²) < 4.78 is 105. The minimum Gasteiger partial charge on any atom is -0.460 e. The molecule has 0 amide bonds. The minimum absolute atomic E-state index is 0.124. The Balaban J connectivity index is 1.35. The fraction of sp³-hybridized carbons (Fsp3) is 0.286. The van der Waals surface area contributed by atoms with Gasteiger partial charge in [0.1, 0.15) is 24.4 Å². The van der Waals surface area contributed by atoms with E-state index in [-0.39, 0.29) is 51.4 Å². The first-order valence-electron chi connectivity index (χ1n) is 18.7. The third kappa shape index (κ3) is 8.04. The maximum Gasteiger partial charge on any atom is 0.294 e. The molecule has 7 rings (SSSR count). The van der Waals surface area contributed by atoms with Crippen molar-refractivity contribution in [1.29, 1.82) is 0 Å². The summed E-state index contributed by atoms with van der Waals surface area (Å²) in [6, 6.07) is 23.8. The summed E-state index contributed by atoms with van der Waals surface area (Å²) >= 11 is 0. The highest BCUT2D eigenvalue weighted by atomic mass is 32.2. The van der Waals surface area contributed by atoms with Crippen molar-refractivity contribution in [2.45, 2.75) is 53.8 Å². The van der Waals surface area contributed by atoms with Crippen LogP contribution in [0.1, 0.15) is 38.0 Å². The Kier molecular flexibility index (Phi) is 11.1. The Labute approximate surface area is 338 Å². The first kappa shape index (κ1) is 41.2. The zero-order valence-corrected chi connectivity index (χ0v) is 34.8. The van der Waals surface area contributed by atoms with Crippen molar-refractivity contribution < 1.29 is 43.6 Å². The molecule has 1 atom stereocenters. The van der Waals surface area contributed by atoms with Crippen molar-refractivity contribution in [2.75, 3.05) is 32.1 Å². The number of fused-ring (bicyclic) bond motifs is 2. The number of carbonyl (C=O) groups excluding carboxylic acids is 1. The van der Waals surface area contributed by atoms with Gasteiger partial charge in [-0.05, 0) is 61.4 Å². The molecular weight excluding hydrogens is 803 g/mol. The van der Waals surface area contributed by atoms with Crippen LogP contribution in [0.3, 0.4) is 0 Å². The quantitative estimate of drug-likeness (QED) is 0.125. The zero-order chi connectivity index (χ0) is 41.7. The summed E-state index contributed by atoms with van der Waals surface area (Å²) in [5.74, 6) is 0.879. The van der Waals surface area contributed by atoms with Crippen LogP contribution in [-0.4, -0.2) is 77.7 Å². The van der Waals surface area contributed by atoms with Crippen molar-refractivity contribution in [3.05, 3.63) is 114 Å². The molecule has 2 N–H and O–H groups in total. The number of hydrogen-bond donors (Lipinski definition) is 2. The summed E-state index contributed by atoms with van der Waals surface area (Å²) in [6.45, 7) is 4.18. The van der Waals surface area contributed by atoms with Gasteiger partial charge in [0, 0.05) is 84.5 Å². The number of sulfonamides is 1. The van der Waals surface area contributed by atoms with Crippen LogP contribution in [0.4, 0.5) is 11.4 Å². The molecule has 13 nitrogen and oxygen atoms in total. The molecule has 0 aromatic heterocycles. The minimum atomic E-state index is -4.38. The van der Waals surface area contributed by atoms with Crippen molar-refractivity contribution in [3.8, 4) is 22.5 Å². The van der Waals surface area contributed by atoms with Gasteiger partial charge in [0.2, 0.25) is 21.1 Å². The number of hydrogen-bond acceptors (Lipinski definition) is 9. The number of likely N-dealkylation sites (N-methyl/N-ethyl adjacent to an activating group) is 1. The molecule has 58 heavy (non-hydrogen) atoms. The Morgan fingerprint density at radius 1 is 0.828 bits per heavy atom. The molecule has 0 bridgehead atoms. The number of benzene rings is 4. The number of Topliss-reactive ketones (excluding diaryl/α,β-unsaturated/α-hetero) is 1. The van der Waals surface area contributed by atoms with Gasteiger partial charge >= 0.3 is 0 Å². The molecule has 3 aromatic carbocycles. The van der Waals surface area contributed by atoms with Gasteiger partial charge in [-0.2, -0.15) is 25.7 Å². The van der Waals surface area contributed by atoms with Gasteiger partial charge in [-0.25, -0.2) is 8.42 Å². The van der Waals surface area contributed by atoms with Crippen LogP contribution in [0.25, 0.3) is 28.5 Å². The van der Waals surface area contributed by atoms with E-state index >= 15 is 0 Å². The third-order valence-electron chi connectivity index (χ3n) is 11.1. The Bertz CT molecular complexity index is 2810. The Morgan fingerprint density at radius 2 is 1.43 bits per heavy atom. The molecule has 3 aromatic rings. The number of anilines is 1. The summed E-state index contributed by atoms with van der Waals surface area (Å²) in [5.41, 5.74) is 3.81. The molecule has 2 aliphatic heterocycles. The Morgan fingerprint density at radius 3 is 2.03 bits per heavy atom. The van der Waals surface area contributed by atoms with Gasteiger partial charge in [0.25, 0.3) is 20.2 Å². The molecule has 1 saturated heterocycles. The predicted molar refractivity (Wildman–Crippen MR) is 220 cm³/mol. The highest BCUT2D eigenvalue weighted by molar-refractivity contribution is 7.89. The van der Waals surface area contributed by atoms with Gasteiger partial charge in [-0.15, -0.1) is 0 Å². The molecule has 2 aliphatic carbocycles. The lowest BCUT2D eigenvalue weighted by atomic mass is 9.87. The number of nitrogens with zero attached hydrogens (tertiary/aromatic N) is 3. The van der Waals surface area contributed by atoms with Gasteiger partial charge in [0.05, 0.1) is 26.8 Å². The number of carbonyl (C=O) groups is 1. The van der Waals surface area contributed by atoms with Crippen LogP contribution in [0.15, 0.2) is 116 Å². The predicted octanol–water partition coefficient (Wildman–Crippen LogP) is 5.98. The maximum atomic E-state index is 14.5. The lowest BCUT2D eigenvalue weighted by molar-refractivity contribution is -0.126. The normalized spacial score (nSPS) is 17.3. The van der Waals surface area contributed by atoms with Gasteiger partial charge in [-0.1, -0.05) is 44.2 Å². The topological polar surface area (TPSA) is 183 Å². The number of piperidine rings is 1. The van der Waals surface area contributed by atoms with E-state index in [0.29, 0.717) is 69.8 Å². The molecule has 0 spiro atoms. The van der Waals surface area contributed by atoms with Crippen LogP contribution in [0.2, 0.25) is 0 Å². The van der Waals surface area contributed by atoms with Crippen molar-refractivity contribution in [2.24, 2.45) is 11.8 Å². The molecule has 2 heterocycles. The second-order valence-electron chi connectivity index (χ2n) is 15.0. The van der Waals surface area contributed by atoms with Crippen molar-refractivity contribution >= 4 is 53.5 Å². The van der Waals surface area contributed by atoms with E-state index in [1.165, 1.54) is 28.6 Å². The SMILES string of the molecule is CC(C)C(=O)C1CCN(S(=O)(=O)c2ccccc2-c2c3ccc(=[N+](C)c4ccc(S(=O)(=O)O)cc4)cc-3oc3c2C=CC(N(C)c2ccc(S(=O)(=O)O)cc2)C3)CC1. The second-order valence-corrected chi connectivity index (χ2v) is 19.7. The summed E-state index contributed by atoms with van der Waals surface area (Å²) in [5, 5.41) is 0.681. The summed E-state index contributed by atoms with van der Waals surface area (Å²) in [7, 11) is -9.13. The van der Waals surface area contributed by atoms with Gasteiger partial charge in [-0.3, -0.25) is 13.9 Å². The highest BCUT2D eigenvalue weighted by Gasteiger charge is 2.36. The summed E-state index contributed by atoms with van der Waals surface area (Å²) in [6.07, 6.45) is 5.15. The van der Waals surface area contributed by atoms with Gasteiger partial charge in [0.15, 0.2) is 0 Å². The van der Waals surface area contributed by atoms with Crippen LogP contribution >= 0.6 is 0 Å². The van der Waals surface area contributed by atoms with E-state index in [2.05, 4.69) is 0 Å². The second kappa shape index (κ2) is 15.7. The van der Waals surface area contributed by atoms with Crippen LogP contribution in [-0.2, 0) is 41.5 Å². The molecule has 16 heteroatoms. The maximum absolute atomic E-state index is 14.5.